The Bertz CT molecular complexity index is 1050. The summed E-state index contributed by atoms with van der Waals surface area (Å²) in [7, 11) is 4.08. The van der Waals surface area contributed by atoms with Gasteiger partial charge >= 0.3 is 0 Å². The summed E-state index contributed by atoms with van der Waals surface area (Å²) in [5.74, 6) is 0.197. The SMILES string of the molecule is CN(C)c1ccc(C2/C(=C\c3ccccn3)C(=O)C(C)(C)CN2Cc2cccs2)cc1. The monoisotopic (exact) mass is 431 g/mol. The topological polar surface area (TPSA) is 36.4 Å². The van der Waals surface area contributed by atoms with Crippen LogP contribution in [0, 0.1) is 5.41 Å². The minimum Gasteiger partial charge on any atom is -0.378 e. The van der Waals surface area contributed by atoms with E-state index in [9.17, 15) is 4.79 Å². The molecule has 1 atom stereocenters. The van der Waals surface area contributed by atoms with Crippen molar-refractivity contribution < 1.29 is 4.79 Å². The molecule has 0 spiro atoms. The number of piperidine rings is 1. The van der Waals surface area contributed by atoms with E-state index in [0.29, 0.717) is 6.54 Å². The van der Waals surface area contributed by atoms with Gasteiger partial charge in [-0.3, -0.25) is 14.7 Å². The standard InChI is InChI=1S/C26H29N3OS/c1-26(2)18-29(17-22-9-7-15-31-22)24(19-10-12-21(13-11-19)28(3)4)23(25(26)30)16-20-8-5-6-14-27-20/h5-16,24H,17-18H2,1-4H3/b23-16+. The van der Waals surface area contributed by atoms with Crippen molar-refractivity contribution >= 4 is 28.9 Å². The number of ketones is 1. The van der Waals surface area contributed by atoms with Gasteiger partial charge in [0.15, 0.2) is 5.78 Å². The number of carbonyl (C=O) groups excluding carboxylic acids is 1. The van der Waals surface area contributed by atoms with Gasteiger partial charge in [0.05, 0.1) is 11.7 Å². The van der Waals surface area contributed by atoms with E-state index in [2.05, 4.69) is 56.6 Å². The fraction of sp³-hybridized carbons (Fsp3) is 0.308. The molecule has 0 radical (unpaired) electrons. The number of aromatic nitrogens is 1. The summed E-state index contributed by atoms with van der Waals surface area (Å²) in [6.45, 7) is 5.63. The lowest BCUT2D eigenvalue weighted by Gasteiger charge is -2.44. The molecule has 0 N–H and O–H groups in total. The smallest absolute Gasteiger partial charge is 0.167 e. The third kappa shape index (κ3) is 4.63. The number of Topliss-reactive ketones (excluding diaryl/α,β-unsaturated/α-hetero) is 1. The lowest BCUT2D eigenvalue weighted by atomic mass is 9.74. The number of benzene rings is 1. The van der Waals surface area contributed by atoms with Crippen molar-refractivity contribution in [2.45, 2.75) is 26.4 Å². The molecule has 4 nitrogen and oxygen atoms in total. The van der Waals surface area contributed by atoms with Gasteiger partial charge < -0.3 is 4.90 Å². The van der Waals surface area contributed by atoms with Gasteiger partial charge in [0, 0.05) is 54.9 Å². The first-order valence-electron chi connectivity index (χ1n) is 10.6. The molecule has 1 saturated heterocycles. The first-order chi connectivity index (χ1) is 14.8. The van der Waals surface area contributed by atoms with Crippen LogP contribution in [0.25, 0.3) is 6.08 Å². The molecule has 0 aliphatic carbocycles. The van der Waals surface area contributed by atoms with Crippen molar-refractivity contribution in [1.29, 1.82) is 0 Å². The quantitative estimate of drug-likeness (QED) is 0.504. The van der Waals surface area contributed by atoms with Gasteiger partial charge in [-0.15, -0.1) is 11.3 Å². The molecule has 0 saturated carbocycles. The highest BCUT2D eigenvalue weighted by Gasteiger charge is 2.44. The highest BCUT2D eigenvalue weighted by molar-refractivity contribution is 7.09. The Kier molecular flexibility index (Phi) is 6.08. The predicted molar refractivity (Wildman–Crippen MR) is 129 cm³/mol. The first-order valence-corrected chi connectivity index (χ1v) is 11.4. The zero-order valence-corrected chi connectivity index (χ0v) is 19.4. The van der Waals surface area contributed by atoms with Crippen LogP contribution in [0.15, 0.2) is 71.7 Å². The largest absolute Gasteiger partial charge is 0.378 e. The molecule has 160 valence electrons. The van der Waals surface area contributed by atoms with Gasteiger partial charge in [-0.05, 0) is 47.4 Å². The van der Waals surface area contributed by atoms with Crippen LogP contribution in [0.4, 0.5) is 5.69 Å². The fourth-order valence-corrected chi connectivity index (χ4v) is 4.97. The zero-order chi connectivity index (χ0) is 22.0. The lowest BCUT2D eigenvalue weighted by molar-refractivity contribution is -0.128. The van der Waals surface area contributed by atoms with E-state index in [4.69, 9.17) is 0 Å². The number of rotatable bonds is 5. The Labute approximate surface area is 188 Å². The van der Waals surface area contributed by atoms with E-state index in [-0.39, 0.29) is 11.8 Å². The highest BCUT2D eigenvalue weighted by Crippen LogP contribution is 2.42. The van der Waals surface area contributed by atoms with E-state index >= 15 is 0 Å². The number of hydrogen-bond donors (Lipinski definition) is 0. The van der Waals surface area contributed by atoms with Gasteiger partial charge in [-0.1, -0.05) is 38.1 Å². The average Bonchev–Trinajstić information content (AvgIpc) is 3.26. The number of nitrogens with zero attached hydrogens (tertiary/aromatic N) is 3. The highest BCUT2D eigenvalue weighted by atomic mass is 32.1. The van der Waals surface area contributed by atoms with Crippen LogP contribution >= 0.6 is 11.3 Å². The molecule has 1 fully saturated rings. The molecule has 2 aromatic heterocycles. The number of hydrogen-bond acceptors (Lipinski definition) is 5. The Morgan fingerprint density at radius 2 is 1.90 bits per heavy atom. The minimum absolute atomic E-state index is 0.110. The minimum atomic E-state index is -0.460. The van der Waals surface area contributed by atoms with E-state index < -0.39 is 5.41 Å². The molecule has 1 unspecified atom stereocenters. The van der Waals surface area contributed by atoms with E-state index in [0.717, 1.165) is 29.1 Å². The molecule has 4 rings (SSSR count). The van der Waals surface area contributed by atoms with Gasteiger partial charge in [0.25, 0.3) is 0 Å². The Balaban J connectivity index is 1.82. The van der Waals surface area contributed by atoms with Crippen molar-refractivity contribution in [3.8, 4) is 0 Å². The molecule has 31 heavy (non-hydrogen) atoms. The maximum atomic E-state index is 13.6. The molecule has 1 aliphatic rings. The number of likely N-dealkylation sites (tertiary alicyclic amines) is 1. The maximum absolute atomic E-state index is 13.6. The molecule has 0 amide bonds. The lowest BCUT2D eigenvalue weighted by Crippen LogP contribution is -2.48. The normalized spacial score (nSPS) is 20.2. The number of carbonyl (C=O) groups is 1. The third-order valence-corrected chi connectivity index (χ3v) is 6.65. The summed E-state index contributed by atoms with van der Waals surface area (Å²) < 4.78 is 0. The second kappa shape index (κ2) is 8.77. The molecule has 1 aliphatic heterocycles. The van der Waals surface area contributed by atoms with E-state index in [1.807, 2.05) is 52.2 Å². The summed E-state index contributed by atoms with van der Waals surface area (Å²) >= 11 is 1.76. The molecule has 1 aromatic carbocycles. The first kappa shape index (κ1) is 21.5. The predicted octanol–water partition coefficient (Wildman–Crippen LogP) is 5.44. The van der Waals surface area contributed by atoms with Crippen LogP contribution < -0.4 is 4.90 Å². The van der Waals surface area contributed by atoms with Crippen molar-refractivity contribution in [2.75, 3.05) is 25.5 Å². The van der Waals surface area contributed by atoms with Crippen molar-refractivity contribution in [3.05, 3.63) is 87.9 Å². The van der Waals surface area contributed by atoms with Crippen LogP contribution in [-0.2, 0) is 11.3 Å². The second-order valence-corrected chi connectivity index (χ2v) is 9.97. The molecule has 3 heterocycles. The van der Waals surface area contributed by atoms with Gasteiger partial charge in [-0.2, -0.15) is 0 Å². The van der Waals surface area contributed by atoms with Crippen molar-refractivity contribution in [3.63, 3.8) is 0 Å². The Hall–Kier alpha value is -2.76. The third-order valence-electron chi connectivity index (χ3n) is 5.79. The van der Waals surface area contributed by atoms with Gasteiger partial charge in [-0.25, -0.2) is 0 Å². The van der Waals surface area contributed by atoms with Crippen LogP contribution in [0.2, 0.25) is 0 Å². The van der Waals surface area contributed by atoms with Crippen molar-refractivity contribution in [2.24, 2.45) is 5.41 Å². The summed E-state index contributed by atoms with van der Waals surface area (Å²) in [5, 5.41) is 2.11. The van der Waals surface area contributed by atoms with Crippen LogP contribution in [0.5, 0.6) is 0 Å². The second-order valence-electron chi connectivity index (χ2n) is 8.94. The number of anilines is 1. The summed E-state index contributed by atoms with van der Waals surface area (Å²) in [6.07, 6.45) is 3.75. The summed E-state index contributed by atoms with van der Waals surface area (Å²) in [5.41, 5.74) is 3.44. The van der Waals surface area contributed by atoms with E-state index in [1.54, 1.807) is 17.5 Å². The number of pyridine rings is 1. The Morgan fingerprint density at radius 1 is 1.13 bits per heavy atom. The molecular formula is C26H29N3OS. The van der Waals surface area contributed by atoms with Crippen LogP contribution in [-0.4, -0.2) is 36.3 Å². The summed E-state index contributed by atoms with van der Waals surface area (Å²) in [4.78, 5) is 23.9. The maximum Gasteiger partial charge on any atom is 0.167 e. The van der Waals surface area contributed by atoms with E-state index in [1.165, 1.54) is 4.88 Å². The average molecular weight is 432 g/mol. The molecule has 0 bridgehead atoms. The summed E-state index contributed by atoms with van der Waals surface area (Å²) in [6, 6.07) is 18.5. The van der Waals surface area contributed by atoms with Crippen molar-refractivity contribution in [1.82, 2.24) is 9.88 Å². The molecular weight excluding hydrogens is 402 g/mol. The molecule has 3 aromatic rings. The number of thiophene rings is 1. The van der Waals surface area contributed by atoms with Gasteiger partial charge in [0.1, 0.15) is 0 Å². The van der Waals surface area contributed by atoms with Gasteiger partial charge in [0.2, 0.25) is 0 Å². The Morgan fingerprint density at radius 3 is 2.52 bits per heavy atom. The molecule has 5 heteroatoms. The zero-order valence-electron chi connectivity index (χ0n) is 18.6. The van der Waals surface area contributed by atoms with Crippen LogP contribution in [0.1, 0.15) is 36.0 Å². The van der Waals surface area contributed by atoms with Crippen LogP contribution in [0.3, 0.4) is 0 Å². The fourth-order valence-electron chi connectivity index (χ4n) is 4.24.